The molecular formula is C15H26ClN3. The first-order valence-electron chi connectivity index (χ1n) is 7.58. The maximum absolute atomic E-state index is 6.35. The number of nitrogens with two attached hydrogens (primary N) is 1. The van der Waals surface area contributed by atoms with E-state index in [-0.39, 0.29) is 6.04 Å². The standard InChI is InChI=1S/C15H26ClN3/c1-11(2)19-15(13(16)10-18-19)14(17)9-8-12-6-4-3-5-7-12/h10-12,14H,3-9,17H2,1-2H3. The van der Waals surface area contributed by atoms with Crippen molar-refractivity contribution in [1.82, 2.24) is 9.78 Å². The molecule has 1 aliphatic carbocycles. The molecule has 2 N–H and O–H groups in total. The summed E-state index contributed by atoms with van der Waals surface area (Å²) < 4.78 is 1.97. The molecule has 1 unspecified atom stereocenters. The van der Waals surface area contributed by atoms with Crippen LogP contribution in [0.5, 0.6) is 0 Å². The van der Waals surface area contributed by atoms with Crippen LogP contribution in [0.4, 0.5) is 0 Å². The van der Waals surface area contributed by atoms with Crippen molar-refractivity contribution in [2.24, 2.45) is 11.7 Å². The smallest absolute Gasteiger partial charge is 0.0834 e. The Morgan fingerprint density at radius 1 is 1.37 bits per heavy atom. The predicted molar refractivity (Wildman–Crippen MR) is 80.4 cm³/mol. The number of hydrogen-bond acceptors (Lipinski definition) is 2. The summed E-state index contributed by atoms with van der Waals surface area (Å²) in [5.74, 6) is 0.869. The lowest BCUT2D eigenvalue weighted by Gasteiger charge is -2.23. The molecule has 1 atom stereocenters. The van der Waals surface area contributed by atoms with Crippen molar-refractivity contribution in [3.05, 3.63) is 16.9 Å². The van der Waals surface area contributed by atoms with Crippen LogP contribution in [0.1, 0.15) is 76.6 Å². The molecule has 108 valence electrons. The van der Waals surface area contributed by atoms with Crippen molar-refractivity contribution >= 4 is 11.6 Å². The number of aromatic nitrogens is 2. The second kappa shape index (κ2) is 6.76. The fourth-order valence-electron chi connectivity index (χ4n) is 3.14. The van der Waals surface area contributed by atoms with Crippen LogP contribution < -0.4 is 5.73 Å². The number of halogens is 1. The van der Waals surface area contributed by atoms with Crippen LogP contribution in [0.25, 0.3) is 0 Å². The molecule has 0 bridgehead atoms. The minimum Gasteiger partial charge on any atom is -0.323 e. The van der Waals surface area contributed by atoms with Gasteiger partial charge in [-0.2, -0.15) is 5.10 Å². The largest absolute Gasteiger partial charge is 0.323 e. The van der Waals surface area contributed by atoms with E-state index < -0.39 is 0 Å². The fraction of sp³-hybridized carbons (Fsp3) is 0.800. The zero-order valence-electron chi connectivity index (χ0n) is 12.1. The van der Waals surface area contributed by atoms with Gasteiger partial charge >= 0.3 is 0 Å². The van der Waals surface area contributed by atoms with E-state index in [9.17, 15) is 0 Å². The minimum absolute atomic E-state index is 0.0133. The predicted octanol–water partition coefficient (Wildman–Crippen LogP) is 4.48. The van der Waals surface area contributed by atoms with E-state index in [0.29, 0.717) is 11.1 Å². The zero-order chi connectivity index (χ0) is 13.8. The maximum atomic E-state index is 6.35. The lowest BCUT2D eigenvalue weighted by molar-refractivity contribution is 0.320. The van der Waals surface area contributed by atoms with Crippen LogP contribution in [0.3, 0.4) is 0 Å². The molecule has 0 amide bonds. The van der Waals surface area contributed by atoms with Gasteiger partial charge in [0.2, 0.25) is 0 Å². The van der Waals surface area contributed by atoms with Crippen LogP contribution in [-0.2, 0) is 0 Å². The van der Waals surface area contributed by atoms with E-state index in [1.54, 1.807) is 6.20 Å². The van der Waals surface area contributed by atoms with E-state index in [0.717, 1.165) is 18.0 Å². The minimum atomic E-state index is 0.0133. The molecule has 3 nitrogen and oxygen atoms in total. The fourth-order valence-corrected chi connectivity index (χ4v) is 3.41. The van der Waals surface area contributed by atoms with Crippen molar-refractivity contribution in [1.29, 1.82) is 0 Å². The lowest BCUT2D eigenvalue weighted by Crippen LogP contribution is -2.19. The Hall–Kier alpha value is -0.540. The second-order valence-electron chi connectivity index (χ2n) is 6.10. The van der Waals surface area contributed by atoms with E-state index in [1.165, 1.54) is 38.5 Å². The Morgan fingerprint density at radius 2 is 2.05 bits per heavy atom. The van der Waals surface area contributed by atoms with Crippen LogP contribution in [0, 0.1) is 5.92 Å². The first kappa shape index (κ1) is 14.9. The topological polar surface area (TPSA) is 43.8 Å². The highest BCUT2D eigenvalue weighted by atomic mass is 35.5. The molecule has 0 aromatic carbocycles. The zero-order valence-corrected chi connectivity index (χ0v) is 12.9. The van der Waals surface area contributed by atoms with Gasteiger partial charge in [0, 0.05) is 12.1 Å². The second-order valence-corrected chi connectivity index (χ2v) is 6.51. The van der Waals surface area contributed by atoms with Crippen LogP contribution >= 0.6 is 11.6 Å². The summed E-state index contributed by atoms with van der Waals surface area (Å²) in [6.07, 6.45) is 10.9. The highest BCUT2D eigenvalue weighted by Crippen LogP contribution is 2.32. The van der Waals surface area contributed by atoms with Crippen LogP contribution in [0.2, 0.25) is 5.02 Å². The molecule has 0 radical (unpaired) electrons. The summed E-state index contributed by atoms with van der Waals surface area (Å²) >= 11 is 6.24. The summed E-state index contributed by atoms with van der Waals surface area (Å²) in [6.45, 7) is 4.22. The number of rotatable bonds is 5. The van der Waals surface area contributed by atoms with Gasteiger partial charge in [-0.25, -0.2) is 0 Å². The molecule has 2 rings (SSSR count). The Kier molecular flexibility index (Phi) is 5.28. The first-order valence-corrected chi connectivity index (χ1v) is 7.96. The van der Waals surface area contributed by atoms with Crippen molar-refractivity contribution in [2.45, 2.75) is 70.9 Å². The first-order chi connectivity index (χ1) is 9.09. The normalized spacial score (nSPS) is 19.0. The SMILES string of the molecule is CC(C)n1ncc(Cl)c1C(N)CCC1CCCCC1. The summed E-state index contributed by atoms with van der Waals surface area (Å²) in [5.41, 5.74) is 7.36. The van der Waals surface area contributed by atoms with E-state index >= 15 is 0 Å². The molecule has 0 saturated heterocycles. The van der Waals surface area contributed by atoms with Crippen LogP contribution in [-0.4, -0.2) is 9.78 Å². The maximum Gasteiger partial charge on any atom is 0.0834 e. The van der Waals surface area contributed by atoms with Gasteiger partial charge in [-0.1, -0.05) is 43.7 Å². The molecule has 1 aliphatic rings. The Balaban J connectivity index is 1.95. The molecule has 19 heavy (non-hydrogen) atoms. The van der Waals surface area contributed by atoms with Gasteiger partial charge in [-0.3, -0.25) is 4.68 Å². The monoisotopic (exact) mass is 283 g/mol. The summed E-state index contributed by atoms with van der Waals surface area (Å²) in [5, 5.41) is 5.05. The molecule has 1 aromatic heterocycles. The average Bonchev–Trinajstić information content (AvgIpc) is 2.79. The molecular weight excluding hydrogens is 258 g/mol. The van der Waals surface area contributed by atoms with Gasteiger partial charge in [-0.05, 0) is 32.6 Å². The Morgan fingerprint density at radius 3 is 2.68 bits per heavy atom. The van der Waals surface area contributed by atoms with E-state index in [1.807, 2.05) is 4.68 Å². The van der Waals surface area contributed by atoms with Gasteiger partial charge < -0.3 is 5.73 Å². The Labute approximate surface area is 121 Å². The van der Waals surface area contributed by atoms with Gasteiger partial charge in [0.25, 0.3) is 0 Å². The molecule has 1 saturated carbocycles. The number of nitrogens with zero attached hydrogens (tertiary/aromatic N) is 2. The van der Waals surface area contributed by atoms with Crippen molar-refractivity contribution in [2.75, 3.05) is 0 Å². The Bertz CT molecular complexity index is 394. The summed E-state index contributed by atoms with van der Waals surface area (Å²) in [7, 11) is 0. The third-order valence-electron chi connectivity index (χ3n) is 4.24. The van der Waals surface area contributed by atoms with Crippen molar-refractivity contribution < 1.29 is 0 Å². The average molecular weight is 284 g/mol. The van der Waals surface area contributed by atoms with Crippen LogP contribution in [0.15, 0.2) is 6.20 Å². The third-order valence-corrected chi connectivity index (χ3v) is 4.53. The molecule has 0 spiro atoms. The molecule has 1 aromatic rings. The lowest BCUT2D eigenvalue weighted by atomic mass is 9.85. The summed E-state index contributed by atoms with van der Waals surface area (Å²) in [4.78, 5) is 0. The van der Waals surface area contributed by atoms with Gasteiger partial charge in [0.15, 0.2) is 0 Å². The quantitative estimate of drug-likeness (QED) is 0.866. The third kappa shape index (κ3) is 3.73. The van der Waals surface area contributed by atoms with Crippen molar-refractivity contribution in [3.63, 3.8) is 0 Å². The van der Waals surface area contributed by atoms with Gasteiger partial charge in [0.1, 0.15) is 0 Å². The van der Waals surface area contributed by atoms with Gasteiger partial charge in [0.05, 0.1) is 16.9 Å². The van der Waals surface area contributed by atoms with Crippen molar-refractivity contribution in [3.8, 4) is 0 Å². The summed E-state index contributed by atoms with van der Waals surface area (Å²) in [6, 6.07) is 0.322. The van der Waals surface area contributed by atoms with Gasteiger partial charge in [-0.15, -0.1) is 0 Å². The van der Waals surface area contributed by atoms with E-state index in [2.05, 4.69) is 18.9 Å². The molecule has 1 fully saturated rings. The highest BCUT2D eigenvalue weighted by Gasteiger charge is 2.20. The number of hydrogen-bond donors (Lipinski definition) is 1. The molecule has 0 aliphatic heterocycles. The highest BCUT2D eigenvalue weighted by molar-refractivity contribution is 6.31. The molecule has 4 heteroatoms. The molecule has 1 heterocycles. The van der Waals surface area contributed by atoms with E-state index in [4.69, 9.17) is 17.3 Å².